The van der Waals surface area contributed by atoms with Crippen LogP contribution in [0.1, 0.15) is 12.0 Å². The maximum atomic E-state index is 11.8. The lowest BCUT2D eigenvalue weighted by Gasteiger charge is -2.37. The van der Waals surface area contributed by atoms with Crippen molar-refractivity contribution >= 4 is 33.9 Å². The monoisotopic (exact) mass is 323 g/mol. The Balaban J connectivity index is 1.86. The summed E-state index contributed by atoms with van der Waals surface area (Å²) in [5, 5.41) is 8.63. The molecule has 0 unspecified atom stereocenters. The SMILES string of the molecule is O=C(O)CC1CN(C(=O)C=Cc2ccccc2Br)C1. The van der Waals surface area contributed by atoms with E-state index >= 15 is 0 Å². The maximum Gasteiger partial charge on any atom is 0.303 e. The Bertz CT molecular complexity index is 521. The second kappa shape index (κ2) is 6.02. The third-order valence-corrected chi connectivity index (χ3v) is 3.77. The van der Waals surface area contributed by atoms with E-state index in [1.54, 1.807) is 11.0 Å². The van der Waals surface area contributed by atoms with Crippen LogP contribution < -0.4 is 0 Å². The molecule has 1 N–H and O–H groups in total. The van der Waals surface area contributed by atoms with Crippen LogP contribution in [0.4, 0.5) is 0 Å². The van der Waals surface area contributed by atoms with E-state index < -0.39 is 5.97 Å². The molecule has 100 valence electrons. The molecule has 0 bridgehead atoms. The molecule has 0 radical (unpaired) electrons. The van der Waals surface area contributed by atoms with Gasteiger partial charge in [-0.25, -0.2) is 0 Å². The molecule has 2 rings (SSSR count). The van der Waals surface area contributed by atoms with Crippen molar-refractivity contribution in [1.82, 2.24) is 4.90 Å². The van der Waals surface area contributed by atoms with Crippen molar-refractivity contribution < 1.29 is 14.7 Å². The van der Waals surface area contributed by atoms with Gasteiger partial charge in [-0.3, -0.25) is 9.59 Å². The fourth-order valence-electron chi connectivity index (χ4n) is 2.00. The Labute approximate surface area is 119 Å². The van der Waals surface area contributed by atoms with Gasteiger partial charge in [0.25, 0.3) is 0 Å². The summed E-state index contributed by atoms with van der Waals surface area (Å²) in [5.74, 6) is -0.781. The molecule has 0 saturated carbocycles. The average molecular weight is 324 g/mol. The first-order valence-corrected chi connectivity index (χ1v) is 6.79. The first-order valence-electron chi connectivity index (χ1n) is 5.99. The summed E-state index contributed by atoms with van der Waals surface area (Å²) in [4.78, 5) is 24.0. The van der Waals surface area contributed by atoms with E-state index in [2.05, 4.69) is 15.9 Å². The van der Waals surface area contributed by atoms with Gasteiger partial charge in [0.1, 0.15) is 0 Å². The third-order valence-electron chi connectivity index (χ3n) is 3.04. The van der Waals surface area contributed by atoms with E-state index in [-0.39, 0.29) is 18.2 Å². The number of amides is 1. The van der Waals surface area contributed by atoms with Gasteiger partial charge in [-0.05, 0) is 17.7 Å². The Morgan fingerprint density at radius 1 is 1.37 bits per heavy atom. The summed E-state index contributed by atoms with van der Waals surface area (Å²) in [5.41, 5.74) is 0.943. The van der Waals surface area contributed by atoms with Crippen molar-refractivity contribution in [2.24, 2.45) is 5.92 Å². The number of carboxylic acids is 1. The quantitative estimate of drug-likeness (QED) is 0.865. The molecule has 1 aliphatic rings. The number of aliphatic carboxylic acids is 1. The molecule has 0 atom stereocenters. The topological polar surface area (TPSA) is 57.6 Å². The van der Waals surface area contributed by atoms with Crippen LogP contribution in [-0.4, -0.2) is 35.0 Å². The van der Waals surface area contributed by atoms with Gasteiger partial charge in [-0.15, -0.1) is 0 Å². The number of rotatable bonds is 4. The second-order valence-electron chi connectivity index (χ2n) is 4.56. The van der Waals surface area contributed by atoms with Crippen LogP contribution in [0.2, 0.25) is 0 Å². The normalized spacial score (nSPS) is 15.5. The number of carboxylic acid groups (broad SMARTS) is 1. The molecule has 1 amide bonds. The molecule has 1 aliphatic heterocycles. The minimum atomic E-state index is -0.805. The highest BCUT2D eigenvalue weighted by Gasteiger charge is 2.30. The summed E-state index contributed by atoms with van der Waals surface area (Å²) in [7, 11) is 0. The second-order valence-corrected chi connectivity index (χ2v) is 5.42. The lowest BCUT2D eigenvalue weighted by atomic mass is 9.96. The predicted octanol–water partition coefficient (Wildman–Crippen LogP) is 2.40. The van der Waals surface area contributed by atoms with Crippen LogP contribution in [0.5, 0.6) is 0 Å². The smallest absolute Gasteiger partial charge is 0.303 e. The molecule has 4 nitrogen and oxygen atoms in total. The Kier molecular flexibility index (Phi) is 4.37. The van der Waals surface area contributed by atoms with Crippen molar-refractivity contribution in [2.75, 3.05) is 13.1 Å². The van der Waals surface area contributed by atoms with Crippen molar-refractivity contribution in [3.63, 3.8) is 0 Å². The van der Waals surface area contributed by atoms with Gasteiger partial charge >= 0.3 is 5.97 Å². The first kappa shape index (κ1) is 13.8. The summed E-state index contributed by atoms with van der Waals surface area (Å²) >= 11 is 3.41. The fourth-order valence-corrected chi connectivity index (χ4v) is 2.42. The summed E-state index contributed by atoms with van der Waals surface area (Å²) in [6.07, 6.45) is 3.42. The van der Waals surface area contributed by atoms with Crippen LogP contribution in [0, 0.1) is 5.92 Å². The van der Waals surface area contributed by atoms with Gasteiger partial charge in [0, 0.05) is 29.6 Å². The van der Waals surface area contributed by atoms with Crippen LogP contribution in [0.3, 0.4) is 0 Å². The summed E-state index contributed by atoms with van der Waals surface area (Å²) in [6.45, 7) is 1.07. The zero-order chi connectivity index (χ0) is 13.8. The summed E-state index contributed by atoms with van der Waals surface area (Å²) < 4.78 is 0.936. The zero-order valence-electron chi connectivity index (χ0n) is 10.3. The predicted molar refractivity (Wildman–Crippen MR) is 75.5 cm³/mol. The molecule has 1 saturated heterocycles. The maximum absolute atomic E-state index is 11.8. The van der Waals surface area contributed by atoms with Gasteiger partial charge in [-0.1, -0.05) is 34.1 Å². The van der Waals surface area contributed by atoms with Crippen molar-refractivity contribution in [3.05, 3.63) is 40.4 Å². The highest BCUT2D eigenvalue weighted by atomic mass is 79.9. The van der Waals surface area contributed by atoms with Crippen LogP contribution in [0.25, 0.3) is 6.08 Å². The highest BCUT2D eigenvalue weighted by Crippen LogP contribution is 2.21. The fraction of sp³-hybridized carbons (Fsp3) is 0.286. The molecular weight excluding hydrogens is 310 g/mol. The molecule has 0 spiro atoms. The van der Waals surface area contributed by atoms with E-state index in [1.165, 1.54) is 6.08 Å². The molecule has 1 fully saturated rings. The molecule has 1 heterocycles. The van der Waals surface area contributed by atoms with Gasteiger partial charge < -0.3 is 10.0 Å². The zero-order valence-corrected chi connectivity index (χ0v) is 11.8. The molecule has 0 aliphatic carbocycles. The van der Waals surface area contributed by atoms with Crippen LogP contribution in [0.15, 0.2) is 34.8 Å². The Morgan fingerprint density at radius 2 is 2.05 bits per heavy atom. The number of carbonyl (C=O) groups is 2. The summed E-state index contributed by atoms with van der Waals surface area (Å²) in [6, 6.07) is 7.64. The Morgan fingerprint density at radius 3 is 2.68 bits per heavy atom. The number of hydrogen-bond donors (Lipinski definition) is 1. The molecule has 1 aromatic rings. The van der Waals surface area contributed by atoms with Crippen molar-refractivity contribution in [1.29, 1.82) is 0 Å². The van der Waals surface area contributed by atoms with E-state index in [0.717, 1.165) is 10.0 Å². The number of carbonyl (C=O) groups excluding carboxylic acids is 1. The molecular formula is C14H14BrNO3. The van der Waals surface area contributed by atoms with E-state index in [4.69, 9.17) is 5.11 Å². The van der Waals surface area contributed by atoms with Gasteiger partial charge in [-0.2, -0.15) is 0 Å². The molecule has 1 aromatic carbocycles. The van der Waals surface area contributed by atoms with Crippen LogP contribution in [-0.2, 0) is 9.59 Å². The van der Waals surface area contributed by atoms with Crippen molar-refractivity contribution in [2.45, 2.75) is 6.42 Å². The standard InChI is InChI=1S/C14H14BrNO3/c15-12-4-2-1-3-11(12)5-6-13(17)16-8-10(9-16)7-14(18)19/h1-6,10H,7-9H2,(H,18,19). The van der Waals surface area contributed by atoms with Gasteiger partial charge in [0.2, 0.25) is 5.91 Å². The average Bonchev–Trinajstić information content (AvgIpc) is 2.31. The van der Waals surface area contributed by atoms with Gasteiger partial charge in [0.15, 0.2) is 0 Å². The minimum Gasteiger partial charge on any atom is -0.481 e. The number of nitrogens with zero attached hydrogens (tertiary/aromatic N) is 1. The number of halogens is 1. The van der Waals surface area contributed by atoms with E-state index in [1.807, 2.05) is 24.3 Å². The molecule has 0 aromatic heterocycles. The number of benzene rings is 1. The highest BCUT2D eigenvalue weighted by molar-refractivity contribution is 9.10. The van der Waals surface area contributed by atoms with Gasteiger partial charge in [0.05, 0.1) is 6.42 Å². The molecule has 19 heavy (non-hydrogen) atoms. The first-order chi connectivity index (χ1) is 9.06. The molecule has 5 heteroatoms. The van der Waals surface area contributed by atoms with E-state index in [9.17, 15) is 9.59 Å². The Hall–Kier alpha value is -1.62. The lowest BCUT2D eigenvalue weighted by Crippen LogP contribution is -2.49. The lowest BCUT2D eigenvalue weighted by molar-refractivity contribution is -0.143. The number of hydrogen-bond acceptors (Lipinski definition) is 2. The number of likely N-dealkylation sites (tertiary alicyclic amines) is 1. The van der Waals surface area contributed by atoms with Crippen molar-refractivity contribution in [3.8, 4) is 0 Å². The third kappa shape index (κ3) is 3.67. The largest absolute Gasteiger partial charge is 0.481 e. The van der Waals surface area contributed by atoms with Crippen LogP contribution >= 0.6 is 15.9 Å². The minimum absolute atomic E-state index is 0.0719. The van der Waals surface area contributed by atoms with E-state index in [0.29, 0.717) is 13.1 Å².